The molecule has 5 heteroatoms. The maximum atomic E-state index is 9.23. The van der Waals surface area contributed by atoms with Crippen LogP contribution in [0.3, 0.4) is 0 Å². The highest BCUT2D eigenvalue weighted by Gasteiger charge is 2.05. The SMILES string of the molecule is COc1ccc(Cc2nc(O)cn2C)cn1. The van der Waals surface area contributed by atoms with E-state index in [2.05, 4.69) is 9.97 Å². The van der Waals surface area contributed by atoms with Gasteiger partial charge in [-0.15, -0.1) is 0 Å². The summed E-state index contributed by atoms with van der Waals surface area (Å²) < 4.78 is 6.77. The molecule has 2 aromatic rings. The Kier molecular flexibility index (Phi) is 2.76. The molecule has 0 bridgehead atoms. The van der Waals surface area contributed by atoms with Crippen LogP contribution in [-0.2, 0) is 13.5 Å². The van der Waals surface area contributed by atoms with Gasteiger partial charge in [0.25, 0.3) is 0 Å². The highest BCUT2D eigenvalue weighted by atomic mass is 16.5. The summed E-state index contributed by atoms with van der Waals surface area (Å²) in [6, 6.07) is 3.73. The van der Waals surface area contributed by atoms with E-state index in [1.807, 2.05) is 13.1 Å². The predicted octanol–water partition coefficient (Wildman–Crippen LogP) is 1.12. The molecule has 0 aliphatic rings. The maximum absolute atomic E-state index is 9.23. The Morgan fingerprint density at radius 3 is 2.75 bits per heavy atom. The molecular weight excluding hydrogens is 206 g/mol. The topological polar surface area (TPSA) is 60.2 Å². The van der Waals surface area contributed by atoms with Crippen molar-refractivity contribution in [2.24, 2.45) is 7.05 Å². The minimum atomic E-state index is 0.0407. The molecule has 1 N–H and O–H groups in total. The van der Waals surface area contributed by atoms with Crippen molar-refractivity contribution in [3.05, 3.63) is 35.9 Å². The molecule has 0 radical (unpaired) electrons. The molecular formula is C11H13N3O2. The molecule has 2 heterocycles. The number of hydrogen-bond acceptors (Lipinski definition) is 4. The second-order valence-corrected chi connectivity index (χ2v) is 3.51. The highest BCUT2D eigenvalue weighted by molar-refractivity contribution is 5.22. The van der Waals surface area contributed by atoms with Crippen LogP contribution in [0.15, 0.2) is 24.5 Å². The van der Waals surface area contributed by atoms with Crippen LogP contribution in [0.25, 0.3) is 0 Å². The Morgan fingerprint density at radius 1 is 1.44 bits per heavy atom. The van der Waals surface area contributed by atoms with Gasteiger partial charge in [-0.05, 0) is 5.56 Å². The minimum absolute atomic E-state index is 0.0407. The lowest BCUT2D eigenvalue weighted by Crippen LogP contribution is -1.99. The van der Waals surface area contributed by atoms with E-state index >= 15 is 0 Å². The van der Waals surface area contributed by atoms with Crippen molar-refractivity contribution in [3.63, 3.8) is 0 Å². The third-order valence-electron chi connectivity index (χ3n) is 2.33. The van der Waals surface area contributed by atoms with Crippen molar-refractivity contribution in [1.82, 2.24) is 14.5 Å². The largest absolute Gasteiger partial charge is 0.492 e. The van der Waals surface area contributed by atoms with Crippen LogP contribution >= 0.6 is 0 Å². The third-order valence-corrected chi connectivity index (χ3v) is 2.33. The third kappa shape index (κ3) is 2.13. The molecule has 0 amide bonds. The van der Waals surface area contributed by atoms with Crippen molar-refractivity contribution in [2.45, 2.75) is 6.42 Å². The van der Waals surface area contributed by atoms with Crippen molar-refractivity contribution in [3.8, 4) is 11.8 Å². The van der Waals surface area contributed by atoms with Crippen LogP contribution in [0.5, 0.6) is 11.8 Å². The standard InChI is InChI=1S/C11H13N3O2/c1-14-7-10(15)13-9(14)5-8-3-4-11(16-2)12-6-8/h3-4,6-7,15H,5H2,1-2H3. The number of methoxy groups -OCH3 is 1. The summed E-state index contributed by atoms with van der Waals surface area (Å²) in [6.07, 6.45) is 3.95. The Balaban J connectivity index is 2.17. The van der Waals surface area contributed by atoms with Crippen molar-refractivity contribution < 1.29 is 9.84 Å². The highest BCUT2D eigenvalue weighted by Crippen LogP contribution is 2.13. The molecule has 2 rings (SSSR count). The molecule has 0 unspecified atom stereocenters. The monoisotopic (exact) mass is 219 g/mol. The number of aromatic nitrogens is 3. The molecule has 0 atom stereocenters. The van der Waals surface area contributed by atoms with Crippen LogP contribution in [0, 0.1) is 0 Å². The number of hydrogen-bond donors (Lipinski definition) is 1. The quantitative estimate of drug-likeness (QED) is 0.840. The lowest BCUT2D eigenvalue weighted by Gasteiger charge is -2.02. The summed E-state index contributed by atoms with van der Waals surface area (Å²) in [6.45, 7) is 0. The van der Waals surface area contributed by atoms with E-state index < -0.39 is 0 Å². The fraction of sp³-hybridized carbons (Fsp3) is 0.273. The zero-order chi connectivity index (χ0) is 11.5. The van der Waals surface area contributed by atoms with Gasteiger partial charge in [-0.25, -0.2) is 4.98 Å². The first-order chi connectivity index (χ1) is 7.69. The van der Waals surface area contributed by atoms with Crippen LogP contribution < -0.4 is 4.74 Å². The normalized spacial score (nSPS) is 10.4. The Bertz CT molecular complexity index is 476. The zero-order valence-corrected chi connectivity index (χ0v) is 9.21. The molecule has 0 saturated carbocycles. The van der Waals surface area contributed by atoms with Crippen molar-refractivity contribution >= 4 is 0 Å². The average Bonchev–Trinajstić information content (AvgIpc) is 2.59. The molecule has 0 aliphatic heterocycles. The molecule has 0 aromatic carbocycles. The molecule has 0 aliphatic carbocycles. The van der Waals surface area contributed by atoms with Crippen LogP contribution in [-0.4, -0.2) is 26.8 Å². The zero-order valence-electron chi connectivity index (χ0n) is 9.21. The molecule has 2 aromatic heterocycles. The van der Waals surface area contributed by atoms with Gasteiger partial charge in [-0.1, -0.05) is 6.07 Å². The van der Waals surface area contributed by atoms with Gasteiger partial charge in [0, 0.05) is 25.7 Å². The summed E-state index contributed by atoms with van der Waals surface area (Å²) in [4.78, 5) is 8.12. The van der Waals surface area contributed by atoms with Gasteiger partial charge in [0.15, 0.2) is 0 Å². The van der Waals surface area contributed by atoms with Gasteiger partial charge in [-0.3, -0.25) is 0 Å². The van der Waals surface area contributed by atoms with E-state index in [-0.39, 0.29) is 5.88 Å². The number of aromatic hydroxyl groups is 1. The molecule has 84 valence electrons. The number of pyridine rings is 1. The molecule has 5 nitrogen and oxygen atoms in total. The Hall–Kier alpha value is -2.04. The van der Waals surface area contributed by atoms with E-state index in [0.717, 1.165) is 11.4 Å². The molecule has 0 spiro atoms. The van der Waals surface area contributed by atoms with E-state index in [4.69, 9.17) is 4.74 Å². The smallest absolute Gasteiger partial charge is 0.229 e. The number of rotatable bonds is 3. The van der Waals surface area contributed by atoms with E-state index in [0.29, 0.717) is 12.3 Å². The number of imidazole rings is 1. The molecule has 16 heavy (non-hydrogen) atoms. The van der Waals surface area contributed by atoms with E-state index in [1.54, 1.807) is 30.1 Å². The van der Waals surface area contributed by atoms with Gasteiger partial charge in [0.2, 0.25) is 11.8 Å². The van der Waals surface area contributed by atoms with Crippen LogP contribution in [0.4, 0.5) is 0 Å². The van der Waals surface area contributed by atoms with Gasteiger partial charge in [-0.2, -0.15) is 4.98 Å². The summed E-state index contributed by atoms with van der Waals surface area (Å²) in [5, 5.41) is 9.23. The Labute approximate surface area is 93.3 Å². The first-order valence-electron chi connectivity index (χ1n) is 4.89. The fourth-order valence-corrected chi connectivity index (χ4v) is 1.47. The molecule has 0 saturated heterocycles. The number of aryl methyl sites for hydroxylation is 1. The van der Waals surface area contributed by atoms with Crippen molar-refractivity contribution in [1.29, 1.82) is 0 Å². The maximum Gasteiger partial charge on any atom is 0.229 e. The Morgan fingerprint density at radius 2 is 2.25 bits per heavy atom. The predicted molar refractivity (Wildman–Crippen MR) is 58.5 cm³/mol. The van der Waals surface area contributed by atoms with E-state index in [1.165, 1.54) is 0 Å². The van der Waals surface area contributed by atoms with Gasteiger partial charge >= 0.3 is 0 Å². The summed E-state index contributed by atoms with van der Waals surface area (Å²) >= 11 is 0. The lowest BCUT2D eigenvalue weighted by molar-refractivity contribution is 0.397. The van der Waals surface area contributed by atoms with Gasteiger partial charge in [0.05, 0.1) is 13.3 Å². The van der Waals surface area contributed by atoms with E-state index in [9.17, 15) is 5.11 Å². The number of ether oxygens (including phenoxy) is 1. The fourth-order valence-electron chi connectivity index (χ4n) is 1.47. The summed E-state index contributed by atoms with van der Waals surface area (Å²) in [7, 11) is 3.43. The van der Waals surface area contributed by atoms with Crippen molar-refractivity contribution in [2.75, 3.05) is 7.11 Å². The molecule has 0 fully saturated rings. The van der Waals surface area contributed by atoms with Gasteiger partial charge < -0.3 is 14.4 Å². The second kappa shape index (κ2) is 4.22. The average molecular weight is 219 g/mol. The second-order valence-electron chi connectivity index (χ2n) is 3.51. The van der Waals surface area contributed by atoms with Crippen LogP contribution in [0.2, 0.25) is 0 Å². The minimum Gasteiger partial charge on any atom is -0.492 e. The first kappa shape index (κ1) is 10.5. The summed E-state index contributed by atoms with van der Waals surface area (Å²) in [5.41, 5.74) is 1.02. The first-order valence-corrected chi connectivity index (χ1v) is 4.89. The van der Waals surface area contributed by atoms with Gasteiger partial charge in [0.1, 0.15) is 5.82 Å². The lowest BCUT2D eigenvalue weighted by atomic mass is 10.2. The number of nitrogens with zero attached hydrogens (tertiary/aromatic N) is 3. The summed E-state index contributed by atoms with van der Waals surface area (Å²) in [5.74, 6) is 1.43. The van der Waals surface area contributed by atoms with Crippen LogP contribution in [0.1, 0.15) is 11.4 Å².